The van der Waals surface area contributed by atoms with Gasteiger partial charge >= 0.3 is 6.18 Å². The van der Waals surface area contributed by atoms with Gasteiger partial charge in [0.25, 0.3) is 5.91 Å². The van der Waals surface area contributed by atoms with Crippen LogP contribution in [0.3, 0.4) is 0 Å². The molecule has 9 heteroatoms. The summed E-state index contributed by atoms with van der Waals surface area (Å²) in [4.78, 5) is 16.3. The van der Waals surface area contributed by atoms with Crippen LogP contribution < -0.4 is 5.43 Å². The normalized spacial score (nSPS) is 12.0. The fourth-order valence-electron chi connectivity index (χ4n) is 2.35. The van der Waals surface area contributed by atoms with Crippen molar-refractivity contribution in [2.45, 2.75) is 11.3 Å². The third-order valence-electron chi connectivity index (χ3n) is 3.72. The van der Waals surface area contributed by atoms with Crippen LogP contribution in [0.1, 0.15) is 11.1 Å². The topological polar surface area (TPSA) is 59.3 Å². The number of imidazole rings is 1. The average Bonchev–Trinajstić information content (AvgIpc) is 2.96. The first kappa shape index (κ1) is 19.0. The number of thioether (sulfide) groups is 1. The van der Waals surface area contributed by atoms with Crippen LogP contribution in [0.15, 0.2) is 58.8 Å². The first-order chi connectivity index (χ1) is 12.8. The van der Waals surface area contributed by atoms with Gasteiger partial charge in [0.05, 0.1) is 28.6 Å². The Morgan fingerprint density at radius 2 is 1.93 bits per heavy atom. The minimum atomic E-state index is -4.38. The molecule has 0 spiro atoms. The van der Waals surface area contributed by atoms with Gasteiger partial charge in [0.2, 0.25) is 0 Å². The summed E-state index contributed by atoms with van der Waals surface area (Å²) in [5.74, 6) is -0.225. The van der Waals surface area contributed by atoms with Gasteiger partial charge in [-0.3, -0.25) is 4.79 Å². The monoisotopic (exact) mass is 392 g/mol. The number of nitrogens with one attached hydrogen (secondary N) is 1. The molecular weight excluding hydrogens is 377 g/mol. The van der Waals surface area contributed by atoms with Gasteiger partial charge in [-0.15, -0.1) is 0 Å². The number of halogens is 3. The van der Waals surface area contributed by atoms with Crippen LogP contribution in [-0.2, 0) is 18.0 Å². The number of nitrogens with zero attached hydrogens (tertiary/aromatic N) is 3. The van der Waals surface area contributed by atoms with E-state index in [2.05, 4.69) is 15.5 Å². The third-order valence-corrected chi connectivity index (χ3v) is 4.75. The molecule has 3 aromatic rings. The Balaban J connectivity index is 1.53. The fourth-order valence-corrected chi connectivity index (χ4v) is 3.13. The highest BCUT2D eigenvalue weighted by atomic mass is 32.2. The van der Waals surface area contributed by atoms with E-state index in [0.717, 1.165) is 23.2 Å². The molecule has 0 fully saturated rings. The SMILES string of the molecule is Cn1c(SCC(=O)N/N=C/c2ccc(C(F)(F)F)cc2)nc2ccccc21. The molecule has 2 aromatic carbocycles. The maximum Gasteiger partial charge on any atom is 0.416 e. The summed E-state index contributed by atoms with van der Waals surface area (Å²) < 4.78 is 39.4. The third kappa shape index (κ3) is 4.68. The van der Waals surface area contributed by atoms with Crippen molar-refractivity contribution in [3.63, 3.8) is 0 Å². The first-order valence-electron chi connectivity index (χ1n) is 7.88. The molecule has 0 radical (unpaired) electrons. The van der Waals surface area contributed by atoms with Crippen molar-refractivity contribution < 1.29 is 18.0 Å². The van der Waals surface area contributed by atoms with Crippen molar-refractivity contribution >= 4 is 34.9 Å². The molecule has 140 valence electrons. The van der Waals surface area contributed by atoms with E-state index in [1.54, 1.807) is 0 Å². The highest BCUT2D eigenvalue weighted by molar-refractivity contribution is 7.99. The minimum Gasteiger partial charge on any atom is -0.322 e. The van der Waals surface area contributed by atoms with Gasteiger partial charge in [-0.1, -0.05) is 36.0 Å². The summed E-state index contributed by atoms with van der Waals surface area (Å²) in [5, 5.41) is 4.47. The number of hydrogen-bond donors (Lipinski definition) is 1. The zero-order valence-electron chi connectivity index (χ0n) is 14.2. The van der Waals surface area contributed by atoms with Gasteiger partial charge in [0, 0.05) is 7.05 Å². The standard InChI is InChI=1S/C18H15F3N4OS/c1-25-15-5-3-2-4-14(15)23-17(25)27-11-16(26)24-22-10-12-6-8-13(9-7-12)18(19,20)21/h2-10H,11H2,1H3,(H,24,26)/b22-10+. The van der Waals surface area contributed by atoms with E-state index in [4.69, 9.17) is 0 Å². The number of carbonyl (C=O) groups is 1. The fraction of sp³-hybridized carbons (Fsp3) is 0.167. The van der Waals surface area contributed by atoms with Crippen LogP contribution in [-0.4, -0.2) is 27.4 Å². The summed E-state index contributed by atoms with van der Waals surface area (Å²) in [6.07, 6.45) is -3.09. The van der Waals surface area contributed by atoms with E-state index < -0.39 is 11.7 Å². The highest BCUT2D eigenvalue weighted by Gasteiger charge is 2.29. The Labute approximate surface area is 157 Å². The van der Waals surface area contributed by atoms with Gasteiger partial charge in [0.1, 0.15) is 0 Å². The maximum absolute atomic E-state index is 12.5. The van der Waals surface area contributed by atoms with Gasteiger partial charge in [-0.05, 0) is 29.8 Å². The number of carbonyl (C=O) groups excluding carboxylic acids is 1. The lowest BCUT2D eigenvalue weighted by atomic mass is 10.1. The smallest absolute Gasteiger partial charge is 0.322 e. The van der Waals surface area contributed by atoms with Crippen LogP contribution in [0.2, 0.25) is 0 Å². The number of alkyl halides is 3. The molecule has 0 saturated carbocycles. The number of para-hydroxylation sites is 2. The molecule has 0 aliphatic rings. The number of amides is 1. The van der Waals surface area contributed by atoms with Crippen molar-refractivity contribution in [2.24, 2.45) is 12.1 Å². The van der Waals surface area contributed by atoms with E-state index in [9.17, 15) is 18.0 Å². The molecule has 0 aliphatic carbocycles. The summed E-state index contributed by atoms with van der Waals surface area (Å²) in [5.41, 5.74) is 3.89. The molecule has 1 N–H and O–H groups in total. The number of hydrogen-bond acceptors (Lipinski definition) is 4. The molecule has 0 bridgehead atoms. The van der Waals surface area contributed by atoms with E-state index in [-0.39, 0.29) is 11.7 Å². The Morgan fingerprint density at radius 1 is 1.22 bits per heavy atom. The summed E-state index contributed by atoms with van der Waals surface area (Å²) in [7, 11) is 1.87. The predicted molar refractivity (Wildman–Crippen MR) is 98.6 cm³/mol. The summed E-state index contributed by atoms with van der Waals surface area (Å²) in [6, 6.07) is 12.1. The maximum atomic E-state index is 12.5. The van der Waals surface area contributed by atoms with E-state index in [0.29, 0.717) is 10.7 Å². The lowest BCUT2D eigenvalue weighted by Gasteiger charge is -2.05. The van der Waals surface area contributed by atoms with Crippen molar-refractivity contribution in [3.8, 4) is 0 Å². The zero-order chi connectivity index (χ0) is 19.4. The quantitative estimate of drug-likeness (QED) is 0.408. The number of benzene rings is 2. The number of rotatable bonds is 5. The Morgan fingerprint density at radius 3 is 2.59 bits per heavy atom. The molecule has 0 saturated heterocycles. The van der Waals surface area contributed by atoms with Gasteiger partial charge in [-0.2, -0.15) is 18.3 Å². The lowest BCUT2D eigenvalue weighted by molar-refractivity contribution is -0.137. The molecule has 3 rings (SSSR count). The van der Waals surface area contributed by atoms with E-state index >= 15 is 0 Å². The van der Waals surface area contributed by atoms with Crippen molar-refractivity contribution in [3.05, 3.63) is 59.7 Å². The molecular formula is C18H15F3N4OS. The second-order valence-electron chi connectivity index (χ2n) is 5.64. The second-order valence-corrected chi connectivity index (χ2v) is 6.59. The second kappa shape index (κ2) is 7.83. The summed E-state index contributed by atoms with van der Waals surface area (Å²) in [6.45, 7) is 0. The molecule has 0 unspecified atom stereocenters. The predicted octanol–water partition coefficient (Wildman–Crippen LogP) is 3.83. The van der Waals surface area contributed by atoms with Gasteiger partial charge in [0.15, 0.2) is 5.16 Å². The van der Waals surface area contributed by atoms with Crippen LogP contribution in [0.4, 0.5) is 13.2 Å². The number of aryl methyl sites for hydroxylation is 1. The molecule has 1 heterocycles. The van der Waals surface area contributed by atoms with Crippen LogP contribution in [0.25, 0.3) is 11.0 Å². The molecule has 1 amide bonds. The van der Waals surface area contributed by atoms with Crippen LogP contribution >= 0.6 is 11.8 Å². The Kier molecular flexibility index (Phi) is 5.50. The van der Waals surface area contributed by atoms with Crippen LogP contribution in [0, 0.1) is 0 Å². The minimum absolute atomic E-state index is 0.113. The van der Waals surface area contributed by atoms with Crippen molar-refractivity contribution in [1.82, 2.24) is 15.0 Å². The van der Waals surface area contributed by atoms with E-state index in [1.807, 2.05) is 35.9 Å². The molecule has 5 nitrogen and oxygen atoms in total. The average molecular weight is 392 g/mol. The first-order valence-corrected chi connectivity index (χ1v) is 8.86. The largest absolute Gasteiger partial charge is 0.416 e. The number of aromatic nitrogens is 2. The molecule has 27 heavy (non-hydrogen) atoms. The molecule has 0 atom stereocenters. The Bertz CT molecular complexity index is 980. The van der Waals surface area contributed by atoms with Crippen molar-refractivity contribution in [1.29, 1.82) is 0 Å². The lowest BCUT2D eigenvalue weighted by Crippen LogP contribution is -2.19. The molecule has 0 aliphatic heterocycles. The zero-order valence-corrected chi connectivity index (χ0v) is 15.0. The number of hydrazone groups is 1. The van der Waals surface area contributed by atoms with E-state index in [1.165, 1.54) is 30.1 Å². The van der Waals surface area contributed by atoms with Gasteiger partial charge in [-0.25, -0.2) is 10.4 Å². The van der Waals surface area contributed by atoms with Crippen LogP contribution in [0.5, 0.6) is 0 Å². The van der Waals surface area contributed by atoms with Gasteiger partial charge < -0.3 is 4.57 Å². The Hall–Kier alpha value is -2.81. The number of fused-ring (bicyclic) bond motifs is 1. The highest BCUT2D eigenvalue weighted by Crippen LogP contribution is 2.28. The van der Waals surface area contributed by atoms with Crippen molar-refractivity contribution in [2.75, 3.05) is 5.75 Å². The summed E-state index contributed by atoms with van der Waals surface area (Å²) >= 11 is 1.27. The molecule has 1 aromatic heterocycles.